The Labute approximate surface area is 172 Å². The number of carbonyl (C=O) groups is 2. The van der Waals surface area contributed by atoms with Crippen molar-refractivity contribution < 1.29 is 37.6 Å². The minimum absolute atomic E-state index is 0.0966. The fourth-order valence-corrected chi connectivity index (χ4v) is 5.08. The molecule has 1 atom stereocenters. The third kappa shape index (κ3) is 9.03. The topological polar surface area (TPSA) is 120 Å². The van der Waals surface area contributed by atoms with E-state index in [1.165, 1.54) is 0 Å². The van der Waals surface area contributed by atoms with E-state index < -0.39 is 31.5 Å². The summed E-state index contributed by atoms with van der Waals surface area (Å²) in [7, 11) is -3.81. The van der Waals surface area contributed by atoms with E-state index in [4.69, 9.17) is 18.3 Å². The predicted molar refractivity (Wildman–Crippen MR) is 106 cm³/mol. The number of phosphoric acid groups is 1. The highest BCUT2D eigenvalue weighted by atomic mass is 31.2. The largest absolute Gasteiger partial charge is 0.480 e. The van der Waals surface area contributed by atoms with Crippen molar-refractivity contribution in [2.45, 2.75) is 102 Å². The summed E-state index contributed by atoms with van der Waals surface area (Å²) in [6, 6.07) is -1.24. The summed E-state index contributed by atoms with van der Waals surface area (Å²) in [5.41, 5.74) is -0.746. The van der Waals surface area contributed by atoms with Gasteiger partial charge >= 0.3 is 19.9 Å². The van der Waals surface area contributed by atoms with Crippen LogP contribution in [-0.4, -0.2) is 47.6 Å². The molecule has 10 heteroatoms. The van der Waals surface area contributed by atoms with Crippen molar-refractivity contribution in [3.63, 3.8) is 0 Å². The Morgan fingerprint density at radius 1 is 1.03 bits per heavy atom. The van der Waals surface area contributed by atoms with Crippen molar-refractivity contribution in [2.75, 3.05) is 6.61 Å². The molecule has 0 unspecified atom stereocenters. The first-order chi connectivity index (χ1) is 13.6. The number of hydrogen-bond acceptors (Lipinski definition) is 7. The second-order valence-electron chi connectivity index (χ2n) is 8.63. The van der Waals surface area contributed by atoms with Gasteiger partial charge in [-0.3, -0.25) is 13.6 Å². The first-order valence-corrected chi connectivity index (χ1v) is 11.9. The maximum atomic E-state index is 13.2. The van der Waals surface area contributed by atoms with Crippen LogP contribution < -0.4 is 5.32 Å². The van der Waals surface area contributed by atoms with E-state index in [1.54, 1.807) is 20.8 Å². The zero-order chi connectivity index (χ0) is 21.5. The van der Waals surface area contributed by atoms with Crippen molar-refractivity contribution in [2.24, 2.45) is 0 Å². The van der Waals surface area contributed by atoms with Crippen LogP contribution in [0.15, 0.2) is 0 Å². The van der Waals surface area contributed by atoms with Gasteiger partial charge in [0.25, 0.3) is 0 Å². The van der Waals surface area contributed by atoms with Crippen molar-refractivity contribution in [1.82, 2.24) is 5.32 Å². The second-order valence-corrected chi connectivity index (χ2v) is 10.2. The maximum absolute atomic E-state index is 13.2. The van der Waals surface area contributed by atoms with Gasteiger partial charge in [0.05, 0.1) is 18.8 Å². The molecule has 2 rings (SSSR count). The highest BCUT2D eigenvalue weighted by Crippen LogP contribution is 2.54. The van der Waals surface area contributed by atoms with Gasteiger partial charge in [0.15, 0.2) is 0 Å². The van der Waals surface area contributed by atoms with E-state index in [0.717, 1.165) is 51.4 Å². The number of carbonyl (C=O) groups excluding carboxylic acids is 1. The summed E-state index contributed by atoms with van der Waals surface area (Å²) in [6.07, 6.45) is 5.98. The summed E-state index contributed by atoms with van der Waals surface area (Å²) in [4.78, 5) is 23.3. The first-order valence-electron chi connectivity index (χ1n) is 10.4. The number of aliphatic carboxylic acids is 1. The van der Waals surface area contributed by atoms with Crippen LogP contribution in [0.2, 0.25) is 0 Å². The Hall–Kier alpha value is -1.15. The quantitative estimate of drug-likeness (QED) is 0.485. The predicted octanol–water partition coefficient (Wildman–Crippen LogP) is 4.40. The molecular formula is C19H34NO8P. The van der Waals surface area contributed by atoms with Gasteiger partial charge in [-0.05, 0) is 46.5 Å². The molecule has 0 radical (unpaired) electrons. The van der Waals surface area contributed by atoms with Crippen LogP contribution in [0.4, 0.5) is 4.79 Å². The number of alkyl carbamates (subject to hydrolysis) is 1. The molecule has 0 bridgehead atoms. The van der Waals surface area contributed by atoms with E-state index in [9.17, 15) is 19.3 Å². The van der Waals surface area contributed by atoms with Crippen LogP contribution in [0.3, 0.4) is 0 Å². The molecule has 9 nitrogen and oxygen atoms in total. The summed E-state index contributed by atoms with van der Waals surface area (Å²) < 4.78 is 35.1. The molecule has 2 N–H and O–H groups in total. The molecule has 0 saturated heterocycles. The third-order valence-electron chi connectivity index (χ3n) is 4.81. The lowest BCUT2D eigenvalue weighted by Crippen LogP contribution is -2.44. The van der Waals surface area contributed by atoms with Crippen LogP contribution in [0.25, 0.3) is 0 Å². The monoisotopic (exact) mass is 435 g/mol. The molecule has 0 aromatic carbocycles. The lowest BCUT2D eigenvalue weighted by atomic mass is 10.2. The Balaban J connectivity index is 1.90. The maximum Gasteiger partial charge on any atom is 0.475 e. The molecular weight excluding hydrogens is 401 g/mol. The van der Waals surface area contributed by atoms with Gasteiger partial charge in [-0.25, -0.2) is 14.2 Å². The van der Waals surface area contributed by atoms with Crippen LogP contribution >= 0.6 is 7.82 Å². The van der Waals surface area contributed by atoms with Crippen LogP contribution in [0, 0.1) is 0 Å². The van der Waals surface area contributed by atoms with Crippen molar-refractivity contribution in [1.29, 1.82) is 0 Å². The zero-order valence-corrected chi connectivity index (χ0v) is 18.4. The van der Waals surface area contributed by atoms with Gasteiger partial charge in [0.2, 0.25) is 0 Å². The van der Waals surface area contributed by atoms with Gasteiger partial charge < -0.3 is 15.2 Å². The van der Waals surface area contributed by atoms with Gasteiger partial charge in [0.1, 0.15) is 11.6 Å². The Kier molecular flexibility index (Phi) is 8.94. The van der Waals surface area contributed by atoms with E-state index in [2.05, 4.69) is 5.32 Å². The molecule has 2 saturated carbocycles. The number of amides is 1. The van der Waals surface area contributed by atoms with Crippen molar-refractivity contribution >= 4 is 19.9 Å². The minimum Gasteiger partial charge on any atom is -0.480 e. The van der Waals surface area contributed by atoms with Gasteiger partial charge in [0, 0.05) is 6.42 Å². The van der Waals surface area contributed by atoms with Crippen molar-refractivity contribution in [3.05, 3.63) is 0 Å². The lowest BCUT2D eigenvalue weighted by molar-refractivity contribution is -0.139. The molecule has 2 fully saturated rings. The smallest absolute Gasteiger partial charge is 0.475 e. The molecule has 0 aromatic heterocycles. The average Bonchev–Trinajstić information content (AvgIpc) is 3.26. The standard InChI is InChI=1S/C19H34NO8P/c1-19(2,3)26-18(23)20-16(17(21)22)12-13-25-29(24,27-14-8-4-5-9-14)28-15-10-6-7-11-15/h14-16H,4-13H2,1-3H3,(H,20,23)(H,21,22)/t16-/m0/s1. The van der Waals surface area contributed by atoms with Gasteiger partial charge in [-0.15, -0.1) is 0 Å². The first kappa shape index (κ1) is 24.1. The average molecular weight is 435 g/mol. The summed E-state index contributed by atoms with van der Waals surface area (Å²) in [6.45, 7) is 4.86. The number of rotatable bonds is 10. The molecule has 168 valence electrons. The molecule has 1 amide bonds. The summed E-state index contributed by atoms with van der Waals surface area (Å²) >= 11 is 0. The van der Waals surface area contributed by atoms with Gasteiger partial charge in [-0.2, -0.15) is 0 Å². The van der Waals surface area contributed by atoms with E-state index in [0.29, 0.717) is 0 Å². The van der Waals surface area contributed by atoms with E-state index >= 15 is 0 Å². The Morgan fingerprint density at radius 2 is 1.52 bits per heavy atom. The van der Waals surface area contributed by atoms with E-state index in [-0.39, 0.29) is 25.2 Å². The Morgan fingerprint density at radius 3 is 1.93 bits per heavy atom. The minimum atomic E-state index is -3.81. The SMILES string of the molecule is CC(C)(C)OC(=O)N[C@@H](CCOP(=O)(OC1CCCC1)OC1CCCC1)C(=O)O. The van der Waals surface area contributed by atoms with Crippen molar-refractivity contribution in [3.8, 4) is 0 Å². The summed E-state index contributed by atoms with van der Waals surface area (Å²) in [5, 5.41) is 11.6. The molecule has 2 aliphatic carbocycles. The fraction of sp³-hybridized carbons (Fsp3) is 0.895. The molecule has 0 spiro atoms. The third-order valence-corrected chi connectivity index (χ3v) is 6.42. The second kappa shape index (κ2) is 10.8. The zero-order valence-electron chi connectivity index (χ0n) is 17.6. The number of nitrogens with one attached hydrogen (secondary N) is 1. The molecule has 0 aliphatic heterocycles. The molecule has 0 aromatic rings. The summed E-state index contributed by atoms with van der Waals surface area (Å²) in [5.74, 6) is -1.23. The van der Waals surface area contributed by atoms with E-state index in [1.807, 2.05) is 0 Å². The number of hydrogen-bond donors (Lipinski definition) is 2. The van der Waals surface area contributed by atoms with Gasteiger partial charge in [-0.1, -0.05) is 25.7 Å². The Bertz CT molecular complexity index is 572. The number of ether oxygens (including phenoxy) is 1. The molecule has 0 heterocycles. The van der Waals surface area contributed by atoms with Crippen LogP contribution in [-0.2, 0) is 27.7 Å². The van der Waals surface area contributed by atoms with Crippen LogP contribution in [0.1, 0.15) is 78.6 Å². The molecule has 29 heavy (non-hydrogen) atoms. The van der Waals surface area contributed by atoms with Crippen LogP contribution in [0.5, 0.6) is 0 Å². The highest BCUT2D eigenvalue weighted by molar-refractivity contribution is 7.48. The number of carboxylic acids is 1. The number of phosphoric ester groups is 1. The highest BCUT2D eigenvalue weighted by Gasteiger charge is 2.36. The molecule has 2 aliphatic rings. The fourth-order valence-electron chi connectivity index (χ4n) is 3.43. The normalized spacial score (nSPS) is 20.0. The number of carboxylic acid groups (broad SMARTS) is 1. The lowest BCUT2D eigenvalue weighted by Gasteiger charge is -2.25.